The fourth-order valence-electron chi connectivity index (χ4n) is 4.07. The molecule has 2 aromatic rings. The zero-order valence-corrected chi connectivity index (χ0v) is 18.9. The van der Waals surface area contributed by atoms with Gasteiger partial charge in [0.2, 0.25) is 0 Å². The monoisotopic (exact) mass is 421 g/mol. The fraction of sp³-hybridized carbons (Fsp3) is 0.480. The van der Waals surface area contributed by atoms with E-state index < -0.39 is 0 Å². The summed E-state index contributed by atoms with van der Waals surface area (Å²) in [4.78, 5) is 9.58. The maximum atomic E-state index is 7.82. The lowest BCUT2D eigenvalue weighted by atomic mass is 9.85. The summed E-state index contributed by atoms with van der Waals surface area (Å²) in [5.41, 5.74) is 18.6. The third-order valence-corrected chi connectivity index (χ3v) is 5.47. The molecule has 1 saturated heterocycles. The zero-order chi connectivity index (χ0) is 22.4. The van der Waals surface area contributed by atoms with Crippen LogP contribution in [0.4, 0.5) is 5.69 Å². The maximum Gasteiger partial charge on any atom is 0.0774 e. The Bertz CT molecular complexity index is 985. The number of nitrogens with two attached hydrogens (primary N) is 2. The smallest absolute Gasteiger partial charge is 0.0774 e. The molecule has 6 nitrogen and oxygen atoms in total. The summed E-state index contributed by atoms with van der Waals surface area (Å²) >= 11 is 0. The molecular weight excluding hydrogens is 386 g/mol. The first kappa shape index (κ1) is 22.9. The molecule has 1 aromatic heterocycles. The van der Waals surface area contributed by atoms with Crippen molar-refractivity contribution < 1.29 is 4.74 Å². The summed E-state index contributed by atoms with van der Waals surface area (Å²) in [6, 6.07) is 3.96. The SMILES string of the molecule is CC(C)C.N=Cc1c(N)ccc2nc(/C(C=NC3CCOC3)=C/N)c3c(c12)CCCC3. The Labute approximate surface area is 185 Å². The lowest BCUT2D eigenvalue weighted by Crippen LogP contribution is -2.12. The van der Waals surface area contributed by atoms with Crippen molar-refractivity contribution in [2.75, 3.05) is 18.9 Å². The molecule has 1 atom stereocenters. The van der Waals surface area contributed by atoms with Gasteiger partial charge in [-0.25, -0.2) is 4.98 Å². The van der Waals surface area contributed by atoms with Gasteiger partial charge in [0.15, 0.2) is 0 Å². The number of fused-ring (bicyclic) bond motifs is 3. The van der Waals surface area contributed by atoms with Gasteiger partial charge in [-0.15, -0.1) is 0 Å². The van der Waals surface area contributed by atoms with E-state index in [1.54, 1.807) is 6.20 Å². The topological polar surface area (TPSA) is 110 Å². The van der Waals surface area contributed by atoms with E-state index >= 15 is 0 Å². The van der Waals surface area contributed by atoms with E-state index in [4.69, 9.17) is 26.6 Å². The molecule has 6 heteroatoms. The van der Waals surface area contributed by atoms with E-state index in [0.29, 0.717) is 12.3 Å². The van der Waals surface area contributed by atoms with E-state index in [9.17, 15) is 0 Å². The molecule has 2 heterocycles. The van der Waals surface area contributed by atoms with Crippen LogP contribution in [0.3, 0.4) is 0 Å². The highest BCUT2D eigenvalue weighted by Crippen LogP contribution is 2.35. The van der Waals surface area contributed by atoms with E-state index in [-0.39, 0.29) is 6.04 Å². The first-order valence-electron chi connectivity index (χ1n) is 11.2. The van der Waals surface area contributed by atoms with Gasteiger partial charge < -0.3 is 21.6 Å². The van der Waals surface area contributed by atoms with Gasteiger partial charge in [0.25, 0.3) is 0 Å². The van der Waals surface area contributed by atoms with Gasteiger partial charge in [-0.2, -0.15) is 0 Å². The van der Waals surface area contributed by atoms with E-state index in [1.807, 2.05) is 18.3 Å². The molecule has 0 radical (unpaired) electrons. The fourth-order valence-corrected chi connectivity index (χ4v) is 4.07. The number of nitrogens with zero attached hydrogens (tertiary/aromatic N) is 2. The lowest BCUT2D eigenvalue weighted by Gasteiger charge is -2.23. The molecule has 5 N–H and O–H groups in total. The van der Waals surface area contributed by atoms with Crippen molar-refractivity contribution in [3.63, 3.8) is 0 Å². The average molecular weight is 422 g/mol. The summed E-state index contributed by atoms with van der Waals surface area (Å²) in [7, 11) is 0. The number of nitrogen functional groups attached to an aromatic ring is 1. The van der Waals surface area contributed by atoms with Gasteiger partial charge >= 0.3 is 0 Å². The van der Waals surface area contributed by atoms with Crippen LogP contribution >= 0.6 is 0 Å². The molecular formula is C25H35N5O. The Morgan fingerprint density at radius 2 is 1.94 bits per heavy atom. The van der Waals surface area contributed by atoms with E-state index in [1.165, 1.54) is 17.3 Å². The number of hydrogen-bond donors (Lipinski definition) is 3. The van der Waals surface area contributed by atoms with Crippen molar-refractivity contribution in [2.45, 2.75) is 58.9 Å². The van der Waals surface area contributed by atoms with Crippen LogP contribution in [-0.2, 0) is 17.6 Å². The Kier molecular flexibility index (Phi) is 7.80. The van der Waals surface area contributed by atoms with Gasteiger partial charge in [-0.3, -0.25) is 4.99 Å². The molecule has 1 aliphatic carbocycles. The molecule has 1 aliphatic heterocycles. The first-order valence-corrected chi connectivity index (χ1v) is 11.2. The van der Waals surface area contributed by atoms with Crippen LogP contribution in [0.15, 0.2) is 23.3 Å². The highest BCUT2D eigenvalue weighted by molar-refractivity contribution is 6.11. The number of aromatic nitrogens is 1. The van der Waals surface area contributed by atoms with Crippen LogP contribution in [0.1, 0.15) is 62.4 Å². The van der Waals surface area contributed by atoms with Crippen LogP contribution in [-0.4, -0.2) is 36.7 Å². The summed E-state index contributed by atoms with van der Waals surface area (Å²) in [6.45, 7) is 7.93. The minimum Gasteiger partial charge on any atom is -0.404 e. The number of rotatable bonds is 4. The number of nitrogens with one attached hydrogen (secondary N) is 1. The normalized spacial score (nSPS) is 18.8. The lowest BCUT2D eigenvalue weighted by molar-refractivity contribution is 0.194. The molecule has 2 aliphatic rings. The number of hydrogen-bond acceptors (Lipinski definition) is 6. The van der Waals surface area contributed by atoms with Gasteiger partial charge in [-0.05, 0) is 61.3 Å². The molecule has 0 amide bonds. The van der Waals surface area contributed by atoms with Gasteiger partial charge in [0, 0.05) is 47.4 Å². The molecule has 31 heavy (non-hydrogen) atoms. The first-order chi connectivity index (χ1) is 15.0. The van der Waals surface area contributed by atoms with E-state index in [0.717, 1.165) is 72.4 Å². The summed E-state index contributed by atoms with van der Waals surface area (Å²) in [5, 5.41) is 8.84. The summed E-state index contributed by atoms with van der Waals surface area (Å²) in [6.07, 6.45) is 9.91. The third-order valence-electron chi connectivity index (χ3n) is 5.47. The molecule has 0 bridgehead atoms. The number of ether oxygens (including phenoxy) is 1. The van der Waals surface area contributed by atoms with Crippen molar-refractivity contribution in [1.29, 1.82) is 5.41 Å². The van der Waals surface area contributed by atoms with Crippen LogP contribution in [0.5, 0.6) is 0 Å². The molecule has 1 fully saturated rings. The van der Waals surface area contributed by atoms with Crippen molar-refractivity contribution in [1.82, 2.24) is 4.98 Å². The van der Waals surface area contributed by atoms with Gasteiger partial charge in [0.1, 0.15) is 0 Å². The second kappa shape index (κ2) is 10.5. The second-order valence-corrected chi connectivity index (χ2v) is 8.88. The quantitative estimate of drug-likeness (QED) is 0.498. The number of anilines is 1. The Morgan fingerprint density at radius 3 is 2.55 bits per heavy atom. The Morgan fingerprint density at radius 1 is 1.23 bits per heavy atom. The average Bonchev–Trinajstić information content (AvgIpc) is 3.27. The largest absolute Gasteiger partial charge is 0.404 e. The van der Waals surface area contributed by atoms with Crippen LogP contribution in [0.25, 0.3) is 16.5 Å². The predicted octanol–water partition coefficient (Wildman–Crippen LogP) is 4.52. The number of benzene rings is 1. The molecule has 1 aromatic carbocycles. The molecule has 1 unspecified atom stereocenters. The van der Waals surface area contributed by atoms with Crippen LogP contribution < -0.4 is 11.5 Å². The van der Waals surface area contributed by atoms with Crippen molar-refractivity contribution in [2.24, 2.45) is 16.6 Å². The van der Waals surface area contributed by atoms with Crippen LogP contribution in [0, 0.1) is 11.3 Å². The summed E-state index contributed by atoms with van der Waals surface area (Å²) < 4.78 is 5.40. The van der Waals surface area contributed by atoms with Gasteiger partial charge in [0.05, 0.1) is 23.9 Å². The number of pyridine rings is 1. The molecule has 4 rings (SSSR count). The van der Waals surface area contributed by atoms with Crippen LogP contribution in [0.2, 0.25) is 0 Å². The Hall–Kier alpha value is -2.73. The number of allylic oxidation sites excluding steroid dienone is 1. The third kappa shape index (κ3) is 5.31. The zero-order valence-electron chi connectivity index (χ0n) is 18.9. The van der Waals surface area contributed by atoms with Crippen molar-refractivity contribution in [3.05, 3.63) is 40.7 Å². The van der Waals surface area contributed by atoms with E-state index in [2.05, 4.69) is 25.8 Å². The highest BCUT2D eigenvalue weighted by Gasteiger charge is 2.22. The standard InChI is InChI=1S/C21H25N5O.C4H10/c22-9-13(11-25-14-7-8-27-12-14)21-16-4-2-1-3-15(16)20-17(10-23)18(24)5-6-19(20)26-21;1-4(2)3/h5-6,9-11,14,23H,1-4,7-8,12,22,24H2;4H,1-3H3/b13-9+,23-10?,25-11?;. The maximum absolute atomic E-state index is 7.82. The minimum absolute atomic E-state index is 0.195. The number of aryl methyl sites for hydroxylation is 1. The summed E-state index contributed by atoms with van der Waals surface area (Å²) in [5.74, 6) is 0.833. The van der Waals surface area contributed by atoms with Crippen molar-refractivity contribution >= 4 is 34.6 Å². The highest BCUT2D eigenvalue weighted by atomic mass is 16.5. The van der Waals surface area contributed by atoms with Gasteiger partial charge in [-0.1, -0.05) is 20.8 Å². The molecule has 166 valence electrons. The predicted molar refractivity (Wildman–Crippen MR) is 131 cm³/mol. The number of aliphatic imine (C=N–C) groups is 1. The molecule has 0 saturated carbocycles. The Balaban J connectivity index is 0.000000628. The minimum atomic E-state index is 0.195. The second-order valence-electron chi connectivity index (χ2n) is 8.88. The van der Waals surface area contributed by atoms with Crippen molar-refractivity contribution in [3.8, 4) is 0 Å². The molecule has 0 spiro atoms.